The number of methoxy groups -OCH3 is 2. The van der Waals surface area contributed by atoms with E-state index in [0.29, 0.717) is 17.7 Å². The van der Waals surface area contributed by atoms with Gasteiger partial charge in [-0.15, -0.1) is 0 Å². The average Bonchev–Trinajstić information content (AvgIpc) is 2.59. The van der Waals surface area contributed by atoms with Crippen molar-refractivity contribution in [2.45, 2.75) is 6.92 Å². The third kappa shape index (κ3) is 3.67. The molecular formula is C17H22O4P2. The maximum absolute atomic E-state index is 10.5. The summed E-state index contributed by atoms with van der Waals surface area (Å²) in [6.07, 6.45) is 0.653. The molecular weight excluding hydrogens is 330 g/mol. The summed E-state index contributed by atoms with van der Waals surface area (Å²) in [7, 11) is 0.590. The molecule has 0 saturated heterocycles. The van der Waals surface area contributed by atoms with Gasteiger partial charge in [-0.25, -0.2) is 0 Å². The van der Waals surface area contributed by atoms with Crippen molar-refractivity contribution in [2.75, 3.05) is 27.0 Å². The lowest BCUT2D eigenvalue weighted by Gasteiger charge is -2.22. The highest BCUT2D eigenvalue weighted by Gasteiger charge is 2.24. The Kier molecular flexibility index (Phi) is 6.38. The summed E-state index contributed by atoms with van der Waals surface area (Å²) in [5.41, 5.74) is 1.61. The number of hydrogen-bond donors (Lipinski definition) is 2. The van der Waals surface area contributed by atoms with Gasteiger partial charge in [0.2, 0.25) is 0 Å². The molecule has 0 aromatic heterocycles. The van der Waals surface area contributed by atoms with Gasteiger partial charge in [0.15, 0.2) is 0 Å². The molecule has 0 aliphatic rings. The first-order valence-corrected chi connectivity index (χ1v) is 10.5. The summed E-state index contributed by atoms with van der Waals surface area (Å²) in [6, 6.07) is 11.3. The zero-order valence-corrected chi connectivity index (χ0v) is 15.6. The number of rotatable bonds is 6. The highest BCUT2D eigenvalue weighted by molar-refractivity contribution is 7.60. The Hall–Kier alpha value is -1.18. The van der Waals surface area contributed by atoms with Gasteiger partial charge in [0.25, 0.3) is 0 Å². The minimum atomic E-state index is -1.33. The van der Waals surface area contributed by atoms with E-state index >= 15 is 0 Å². The van der Waals surface area contributed by atoms with Gasteiger partial charge in [0.05, 0.1) is 30.5 Å². The molecule has 2 aromatic carbocycles. The lowest BCUT2D eigenvalue weighted by atomic mass is 10.0. The average molecular weight is 352 g/mol. The van der Waals surface area contributed by atoms with Crippen molar-refractivity contribution in [3.8, 4) is 22.6 Å². The Labute approximate surface area is 139 Å². The second kappa shape index (κ2) is 8.08. The normalized spacial score (nSPS) is 13.5. The topological polar surface area (TPSA) is 58.9 Å². The molecule has 2 N–H and O–H groups in total. The van der Waals surface area contributed by atoms with Crippen LogP contribution in [0.25, 0.3) is 11.1 Å². The highest BCUT2D eigenvalue weighted by Crippen LogP contribution is 2.43. The van der Waals surface area contributed by atoms with Gasteiger partial charge in [0.1, 0.15) is 11.5 Å². The molecule has 2 aromatic rings. The van der Waals surface area contributed by atoms with E-state index < -0.39 is 16.3 Å². The van der Waals surface area contributed by atoms with Crippen LogP contribution in [0.4, 0.5) is 0 Å². The van der Waals surface area contributed by atoms with Gasteiger partial charge in [-0.3, -0.25) is 0 Å². The first kappa shape index (κ1) is 18.2. The molecule has 0 saturated carbocycles. The molecule has 0 aliphatic heterocycles. The summed E-state index contributed by atoms with van der Waals surface area (Å²) in [4.78, 5) is 20.7. The van der Waals surface area contributed by atoms with Crippen LogP contribution in [0.15, 0.2) is 36.4 Å². The van der Waals surface area contributed by atoms with Crippen LogP contribution >= 0.6 is 16.3 Å². The molecule has 0 radical (unpaired) electrons. The molecule has 2 atom stereocenters. The Balaban J connectivity index is 2.85. The zero-order valence-electron chi connectivity index (χ0n) is 13.8. The monoisotopic (exact) mass is 352 g/mol. The van der Waals surface area contributed by atoms with Crippen molar-refractivity contribution in [3.63, 3.8) is 0 Å². The van der Waals surface area contributed by atoms with E-state index in [0.717, 1.165) is 21.7 Å². The van der Waals surface area contributed by atoms with Crippen LogP contribution in [-0.2, 0) is 0 Å². The maximum Gasteiger partial charge on any atom is 0.127 e. The van der Waals surface area contributed by atoms with E-state index in [-0.39, 0.29) is 0 Å². The SMILES string of the molecule is CCP(O)c1cccc(OC)c1-c1c(OC)cccc1P(C)O. The van der Waals surface area contributed by atoms with Crippen LogP contribution in [0.5, 0.6) is 11.5 Å². The molecule has 4 nitrogen and oxygen atoms in total. The highest BCUT2D eigenvalue weighted by atomic mass is 31.1. The molecule has 0 fully saturated rings. The van der Waals surface area contributed by atoms with Gasteiger partial charge < -0.3 is 19.3 Å². The molecule has 0 aliphatic carbocycles. The van der Waals surface area contributed by atoms with Crippen molar-refractivity contribution in [3.05, 3.63) is 36.4 Å². The maximum atomic E-state index is 10.5. The minimum Gasteiger partial charge on any atom is -0.496 e. The van der Waals surface area contributed by atoms with Crippen LogP contribution in [0.1, 0.15) is 6.92 Å². The fourth-order valence-electron chi connectivity index (χ4n) is 2.54. The fraction of sp³-hybridized carbons (Fsp3) is 0.294. The van der Waals surface area contributed by atoms with Crippen LogP contribution in [0.2, 0.25) is 0 Å². The van der Waals surface area contributed by atoms with E-state index in [1.807, 2.05) is 43.3 Å². The molecule has 124 valence electrons. The van der Waals surface area contributed by atoms with Crippen LogP contribution < -0.4 is 20.1 Å². The third-order valence-corrected chi connectivity index (χ3v) is 6.22. The predicted molar refractivity (Wildman–Crippen MR) is 99.0 cm³/mol. The van der Waals surface area contributed by atoms with Crippen molar-refractivity contribution in [2.24, 2.45) is 0 Å². The van der Waals surface area contributed by atoms with E-state index in [9.17, 15) is 9.79 Å². The molecule has 0 heterocycles. The molecule has 0 spiro atoms. The van der Waals surface area contributed by atoms with Gasteiger partial charge in [-0.05, 0) is 25.0 Å². The third-order valence-electron chi connectivity index (χ3n) is 3.62. The zero-order chi connectivity index (χ0) is 17.0. The Morgan fingerprint density at radius 2 is 1.35 bits per heavy atom. The van der Waals surface area contributed by atoms with E-state index in [4.69, 9.17) is 9.47 Å². The number of benzene rings is 2. The predicted octanol–water partition coefficient (Wildman–Crippen LogP) is 3.05. The largest absolute Gasteiger partial charge is 0.496 e. The lowest BCUT2D eigenvalue weighted by Crippen LogP contribution is -2.14. The second-order valence-electron chi connectivity index (χ2n) is 4.95. The standard InChI is InChI=1S/C17H22O4P2/c1-5-23(19)15-11-7-9-13(21-3)17(15)16-12(20-2)8-6-10-14(16)22(4)18/h6-11,18-19H,5H2,1-4H3. The van der Waals surface area contributed by atoms with E-state index in [2.05, 4.69) is 0 Å². The summed E-state index contributed by atoms with van der Waals surface area (Å²) >= 11 is 0. The van der Waals surface area contributed by atoms with Crippen molar-refractivity contribution < 1.29 is 19.3 Å². The summed E-state index contributed by atoms with van der Waals surface area (Å²) in [6.45, 7) is 3.74. The van der Waals surface area contributed by atoms with Crippen LogP contribution in [0.3, 0.4) is 0 Å². The van der Waals surface area contributed by atoms with Gasteiger partial charge in [-0.1, -0.05) is 31.2 Å². The van der Waals surface area contributed by atoms with E-state index in [1.54, 1.807) is 20.9 Å². The second-order valence-corrected chi connectivity index (χ2v) is 8.39. The first-order valence-electron chi connectivity index (χ1n) is 7.28. The van der Waals surface area contributed by atoms with Gasteiger partial charge in [0, 0.05) is 21.7 Å². The first-order chi connectivity index (χ1) is 11.0. The Bertz CT molecular complexity index is 674. The molecule has 0 amide bonds. The van der Waals surface area contributed by atoms with Crippen molar-refractivity contribution in [1.29, 1.82) is 0 Å². The Morgan fingerprint density at radius 1 is 0.870 bits per heavy atom. The fourth-order valence-corrected chi connectivity index (χ4v) is 4.46. The number of hydrogen-bond acceptors (Lipinski definition) is 4. The quantitative estimate of drug-likeness (QED) is 0.785. The van der Waals surface area contributed by atoms with Crippen LogP contribution in [-0.4, -0.2) is 36.8 Å². The molecule has 0 bridgehead atoms. The number of ether oxygens (including phenoxy) is 2. The Morgan fingerprint density at radius 3 is 1.78 bits per heavy atom. The lowest BCUT2D eigenvalue weighted by molar-refractivity contribution is 0.410. The minimum absolute atomic E-state index is 0.653. The van der Waals surface area contributed by atoms with Crippen molar-refractivity contribution >= 4 is 26.9 Å². The van der Waals surface area contributed by atoms with Gasteiger partial charge >= 0.3 is 0 Å². The van der Waals surface area contributed by atoms with Crippen molar-refractivity contribution in [1.82, 2.24) is 0 Å². The molecule has 2 unspecified atom stereocenters. The molecule has 23 heavy (non-hydrogen) atoms. The van der Waals surface area contributed by atoms with E-state index in [1.165, 1.54) is 0 Å². The molecule has 6 heteroatoms. The van der Waals surface area contributed by atoms with Crippen LogP contribution in [0, 0.1) is 0 Å². The summed E-state index contributed by atoms with van der Waals surface area (Å²) < 4.78 is 11.1. The smallest absolute Gasteiger partial charge is 0.127 e. The van der Waals surface area contributed by atoms with Gasteiger partial charge in [-0.2, -0.15) is 0 Å². The summed E-state index contributed by atoms with van der Waals surface area (Å²) in [5, 5.41) is 1.65. The summed E-state index contributed by atoms with van der Waals surface area (Å²) in [5.74, 6) is 1.33. The molecule has 2 rings (SSSR count).